The van der Waals surface area contributed by atoms with Gasteiger partial charge in [0.2, 0.25) is 5.91 Å². The Morgan fingerprint density at radius 2 is 1.73 bits per heavy atom. The molecule has 1 aliphatic carbocycles. The van der Waals surface area contributed by atoms with E-state index >= 15 is 0 Å². The second-order valence-corrected chi connectivity index (χ2v) is 7.21. The summed E-state index contributed by atoms with van der Waals surface area (Å²) in [6, 6.07) is 5.77. The van der Waals surface area contributed by atoms with Gasteiger partial charge in [0.1, 0.15) is 6.04 Å². The summed E-state index contributed by atoms with van der Waals surface area (Å²) in [6.45, 7) is -0.0224. The number of carboxylic acid groups (broad SMARTS) is 1. The number of carboxylic acids is 1. The maximum absolute atomic E-state index is 12.8. The van der Waals surface area contributed by atoms with E-state index in [4.69, 9.17) is 0 Å². The summed E-state index contributed by atoms with van der Waals surface area (Å²) >= 11 is 0. The van der Waals surface area contributed by atoms with E-state index in [1.165, 1.54) is 4.90 Å². The van der Waals surface area contributed by atoms with Crippen molar-refractivity contribution in [3.63, 3.8) is 0 Å². The summed E-state index contributed by atoms with van der Waals surface area (Å²) in [4.78, 5) is 51.7. The van der Waals surface area contributed by atoms with Crippen LogP contribution in [0.25, 0.3) is 0 Å². The number of fused-ring (bicyclic) bond motifs is 2. The van der Waals surface area contributed by atoms with Crippen LogP contribution in [0.3, 0.4) is 0 Å². The summed E-state index contributed by atoms with van der Waals surface area (Å²) in [5.74, 6) is -1.81. The molecule has 7 nitrogen and oxygen atoms in total. The molecule has 4 rings (SSSR count). The van der Waals surface area contributed by atoms with Crippen LogP contribution in [-0.2, 0) is 9.59 Å². The van der Waals surface area contributed by atoms with Crippen molar-refractivity contribution in [1.82, 2.24) is 9.80 Å². The van der Waals surface area contributed by atoms with E-state index in [-0.39, 0.29) is 30.8 Å². The Morgan fingerprint density at radius 1 is 1.08 bits per heavy atom. The highest BCUT2D eigenvalue weighted by Gasteiger charge is 2.48. The summed E-state index contributed by atoms with van der Waals surface area (Å²) in [5.41, 5.74) is 0.704. The van der Waals surface area contributed by atoms with Crippen LogP contribution in [0.1, 0.15) is 52.8 Å². The number of imide groups is 1. The molecule has 0 aromatic heterocycles. The van der Waals surface area contributed by atoms with Crippen molar-refractivity contribution in [2.24, 2.45) is 5.92 Å². The highest BCUT2D eigenvalue weighted by Crippen LogP contribution is 2.41. The van der Waals surface area contributed by atoms with Crippen molar-refractivity contribution in [2.75, 3.05) is 6.54 Å². The SMILES string of the molecule is O=C(O)[C@H]1C[C@H]2CCC[C@H]2N1C(=O)CCN1C(=O)c2ccccc2C1=O. The topological polar surface area (TPSA) is 95.0 Å². The lowest BCUT2D eigenvalue weighted by molar-refractivity contribution is -0.149. The average Bonchev–Trinajstić information content (AvgIpc) is 3.27. The Bertz CT molecular complexity index is 770. The molecule has 3 amide bonds. The number of amides is 3. The van der Waals surface area contributed by atoms with Crippen LogP contribution in [0, 0.1) is 5.92 Å². The molecule has 3 atom stereocenters. The molecule has 7 heteroatoms. The van der Waals surface area contributed by atoms with Gasteiger partial charge >= 0.3 is 5.97 Å². The summed E-state index contributed by atoms with van der Waals surface area (Å²) in [5, 5.41) is 9.46. The van der Waals surface area contributed by atoms with E-state index < -0.39 is 23.8 Å². The molecule has 136 valence electrons. The molecule has 0 spiro atoms. The van der Waals surface area contributed by atoms with Crippen molar-refractivity contribution in [1.29, 1.82) is 0 Å². The van der Waals surface area contributed by atoms with Crippen LogP contribution in [0.5, 0.6) is 0 Å². The smallest absolute Gasteiger partial charge is 0.326 e. The predicted octanol–water partition coefficient (Wildman–Crippen LogP) is 1.53. The maximum Gasteiger partial charge on any atom is 0.326 e. The monoisotopic (exact) mass is 356 g/mol. The first kappa shape index (κ1) is 16.8. The van der Waals surface area contributed by atoms with E-state index in [2.05, 4.69) is 0 Å². The van der Waals surface area contributed by atoms with Gasteiger partial charge in [-0.05, 0) is 37.3 Å². The number of hydrogen-bond acceptors (Lipinski definition) is 4. The molecule has 2 aliphatic heterocycles. The third-order valence-corrected chi connectivity index (χ3v) is 5.84. The standard InChI is InChI=1S/C19H20N2O5/c22-16(21-14-7-3-4-11(14)10-15(21)19(25)26)8-9-20-17(23)12-5-1-2-6-13(12)18(20)24/h1-2,5-6,11,14-15H,3-4,7-10H2,(H,25,26)/t11-,14-,15-/m1/s1. The molecule has 1 N–H and O–H groups in total. The molecule has 1 saturated heterocycles. The van der Waals surface area contributed by atoms with Crippen LogP contribution < -0.4 is 0 Å². The maximum atomic E-state index is 12.8. The van der Waals surface area contributed by atoms with Crippen LogP contribution in [0.4, 0.5) is 0 Å². The van der Waals surface area contributed by atoms with Crippen molar-refractivity contribution in [3.05, 3.63) is 35.4 Å². The molecule has 1 aromatic rings. The molecule has 0 radical (unpaired) electrons. The third-order valence-electron chi connectivity index (χ3n) is 5.84. The lowest BCUT2D eigenvalue weighted by Gasteiger charge is -2.28. The second-order valence-electron chi connectivity index (χ2n) is 7.21. The fraction of sp³-hybridized carbons (Fsp3) is 0.474. The van der Waals surface area contributed by atoms with Crippen LogP contribution in [-0.4, -0.2) is 57.2 Å². The van der Waals surface area contributed by atoms with Crippen LogP contribution in [0.2, 0.25) is 0 Å². The van der Waals surface area contributed by atoms with Gasteiger partial charge in [0.15, 0.2) is 0 Å². The zero-order valence-corrected chi connectivity index (χ0v) is 14.3. The molecular formula is C19H20N2O5. The van der Waals surface area contributed by atoms with E-state index in [1.54, 1.807) is 24.3 Å². The van der Waals surface area contributed by atoms with Gasteiger partial charge in [0.05, 0.1) is 11.1 Å². The number of nitrogens with zero attached hydrogens (tertiary/aromatic N) is 2. The molecule has 1 aromatic carbocycles. The molecule has 2 heterocycles. The predicted molar refractivity (Wildman–Crippen MR) is 90.4 cm³/mol. The first-order valence-electron chi connectivity index (χ1n) is 8.98. The van der Waals surface area contributed by atoms with Gasteiger partial charge in [0, 0.05) is 19.0 Å². The normalized spacial score (nSPS) is 27.0. The minimum absolute atomic E-state index is 0.0224. The second kappa shape index (κ2) is 6.23. The number of likely N-dealkylation sites (tertiary alicyclic amines) is 1. The number of aliphatic carboxylic acids is 1. The molecule has 2 fully saturated rings. The van der Waals surface area contributed by atoms with Gasteiger partial charge in [-0.15, -0.1) is 0 Å². The van der Waals surface area contributed by atoms with Crippen molar-refractivity contribution < 1.29 is 24.3 Å². The number of benzene rings is 1. The first-order chi connectivity index (χ1) is 12.5. The highest BCUT2D eigenvalue weighted by atomic mass is 16.4. The van der Waals surface area contributed by atoms with Gasteiger partial charge in [-0.1, -0.05) is 18.6 Å². The third kappa shape index (κ3) is 2.50. The molecule has 26 heavy (non-hydrogen) atoms. The van der Waals surface area contributed by atoms with Crippen LogP contribution in [0.15, 0.2) is 24.3 Å². The van der Waals surface area contributed by atoms with Crippen molar-refractivity contribution in [3.8, 4) is 0 Å². The first-order valence-corrected chi connectivity index (χ1v) is 8.98. The Balaban J connectivity index is 1.46. The fourth-order valence-electron chi connectivity index (χ4n) is 4.65. The molecule has 0 unspecified atom stereocenters. The molecular weight excluding hydrogens is 336 g/mol. The van der Waals surface area contributed by atoms with Crippen LogP contribution >= 0.6 is 0 Å². The highest BCUT2D eigenvalue weighted by molar-refractivity contribution is 6.21. The minimum Gasteiger partial charge on any atom is -0.480 e. The summed E-state index contributed by atoms with van der Waals surface area (Å²) in [7, 11) is 0. The summed E-state index contributed by atoms with van der Waals surface area (Å²) in [6.07, 6.45) is 3.24. The van der Waals surface area contributed by atoms with E-state index in [1.807, 2.05) is 0 Å². The van der Waals surface area contributed by atoms with Crippen molar-refractivity contribution >= 4 is 23.7 Å². The molecule has 1 saturated carbocycles. The summed E-state index contributed by atoms with van der Waals surface area (Å²) < 4.78 is 0. The van der Waals surface area contributed by atoms with E-state index in [0.29, 0.717) is 17.5 Å². The quantitative estimate of drug-likeness (QED) is 0.826. The molecule has 0 bridgehead atoms. The number of carbonyl (C=O) groups excluding carboxylic acids is 3. The largest absolute Gasteiger partial charge is 0.480 e. The Hall–Kier alpha value is -2.70. The minimum atomic E-state index is -0.978. The lowest BCUT2D eigenvalue weighted by atomic mass is 10.0. The zero-order valence-electron chi connectivity index (χ0n) is 14.3. The number of rotatable bonds is 4. The average molecular weight is 356 g/mol. The Morgan fingerprint density at radius 3 is 2.35 bits per heavy atom. The van der Waals surface area contributed by atoms with Gasteiger partial charge in [-0.25, -0.2) is 4.79 Å². The Kier molecular flexibility index (Phi) is 4.01. The lowest BCUT2D eigenvalue weighted by Crippen LogP contribution is -2.46. The van der Waals surface area contributed by atoms with Gasteiger partial charge in [-0.2, -0.15) is 0 Å². The van der Waals surface area contributed by atoms with E-state index in [9.17, 15) is 24.3 Å². The van der Waals surface area contributed by atoms with Gasteiger partial charge in [0.25, 0.3) is 11.8 Å². The van der Waals surface area contributed by atoms with Crippen molar-refractivity contribution in [2.45, 2.75) is 44.2 Å². The zero-order chi connectivity index (χ0) is 18.4. The number of carbonyl (C=O) groups is 4. The van der Waals surface area contributed by atoms with E-state index in [0.717, 1.165) is 24.2 Å². The number of hydrogen-bond donors (Lipinski definition) is 1. The van der Waals surface area contributed by atoms with Gasteiger partial charge in [-0.3, -0.25) is 19.3 Å². The fourth-order valence-corrected chi connectivity index (χ4v) is 4.65. The van der Waals surface area contributed by atoms with Gasteiger partial charge < -0.3 is 10.0 Å². The molecule has 3 aliphatic rings. The Labute approximate surface area is 150 Å².